The van der Waals surface area contributed by atoms with Gasteiger partial charge in [0.15, 0.2) is 6.61 Å². The van der Waals surface area contributed by atoms with Crippen molar-refractivity contribution in [1.29, 1.82) is 0 Å². The van der Waals surface area contributed by atoms with E-state index in [4.69, 9.17) is 10.5 Å². The quantitative estimate of drug-likeness (QED) is 0.694. The molecule has 0 radical (unpaired) electrons. The van der Waals surface area contributed by atoms with Gasteiger partial charge in [-0.25, -0.2) is 0 Å². The number of benzene rings is 2. The van der Waals surface area contributed by atoms with Crippen LogP contribution in [-0.4, -0.2) is 22.8 Å². The highest BCUT2D eigenvalue weighted by atomic mass is 32.1. The zero-order chi connectivity index (χ0) is 19.7. The van der Waals surface area contributed by atoms with Crippen LogP contribution >= 0.6 is 11.5 Å². The van der Waals surface area contributed by atoms with Crippen molar-refractivity contribution >= 4 is 29.0 Å². The maximum absolute atomic E-state index is 12.4. The molecule has 0 spiro atoms. The van der Waals surface area contributed by atoms with Gasteiger partial charge in [0.1, 0.15) is 11.4 Å². The van der Waals surface area contributed by atoms with Crippen LogP contribution in [0, 0.1) is 6.92 Å². The minimum atomic E-state index is -0.522. The van der Waals surface area contributed by atoms with E-state index in [2.05, 4.69) is 9.69 Å². The molecule has 3 aromatic rings. The highest BCUT2D eigenvalue weighted by Gasteiger charge is 2.31. The Morgan fingerprint density at radius 1 is 1.21 bits per heavy atom. The van der Waals surface area contributed by atoms with Gasteiger partial charge in [0.2, 0.25) is 5.91 Å². The van der Waals surface area contributed by atoms with Crippen LogP contribution in [0.3, 0.4) is 0 Å². The van der Waals surface area contributed by atoms with Crippen molar-refractivity contribution in [3.63, 3.8) is 0 Å². The number of carbonyl (C=O) groups is 2. The van der Waals surface area contributed by atoms with Crippen molar-refractivity contribution in [3.8, 4) is 17.0 Å². The van der Waals surface area contributed by atoms with Crippen molar-refractivity contribution < 1.29 is 14.3 Å². The van der Waals surface area contributed by atoms with Crippen molar-refractivity contribution in [2.75, 3.05) is 11.9 Å². The van der Waals surface area contributed by atoms with E-state index in [9.17, 15) is 9.59 Å². The molecule has 28 heavy (non-hydrogen) atoms. The number of ether oxygens (including phenoxy) is 1. The Morgan fingerprint density at radius 3 is 2.61 bits per heavy atom. The molecule has 2 aromatic carbocycles. The third-order valence-electron chi connectivity index (χ3n) is 4.68. The number of rotatable bonds is 5. The first-order valence-electron chi connectivity index (χ1n) is 8.89. The number of nitrogens with one attached hydrogen (secondary N) is 1. The topological polar surface area (TPSA) is 94.3 Å². The lowest BCUT2D eigenvalue weighted by molar-refractivity contribution is -0.120. The molecule has 0 aliphatic carbocycles. The van der Waals surface area contributed by atoms with Crippen LogP contribution in [0.25, 0.3) is 11.3 Å². The predicted molar refractivity (Wildman–Crippen MR) is 109 cm³/mol. The van der Waals surface area contributed by atoms with Gasteiger partial charge in [-0.05, 0) is 36.2 Å². The summed E-state index contributed by atoms with van der Waals surface area (Å²) in [5.41, 5.74) is 9.86. The van der Waals surface area contributed by atoms with E-state index in [1.54, 1.807) is 12.1 Å². The van der Waals surface area contributed by atoms with E-state index < -0.39 is 5.91 Å². The Morgan fingerprint density at radius 2 is 1.93 bits per heavy atom. The van der Waals surface area contributed by atoms with Crippen LogP contribution in [0.2, 0.25) is 0 Å². The first-order valence-corrected chi connectivity index (χ1v) is 9.66. The third kappa shape index (κ3) is 3.61. The lowest BCUT2D eigenvalue weighted by Crippen LogP contribution is -2.22. The van der Waals surface area contributed by atoms with E-state index in [-0.39, 0.29) is 18.4 Å². The van der Waals surface area contributed by atoms with Gasteiger partial charge < -0.3 is 15.8 Å². The number of hydrogen-bond donors (Lipinski definition) is 2. The molecule has 0 saturated carbocycles. The Hall–Kier alpha value is -3.19. The summed E-state index contributed by atoms with van der Waals surface area (Å²) in [4.78, 5) is 24.3. The van der Waals surface area contributed by atoms with Crippen LogP contribution < -0.4 is 15.8 Å². The number of hydrogen-bond acceptors (Lipinski definition) is 5. The summed E-state index contributed by atoms with van der Waals surface area (Å²) in [6.45, 7) is 1.87. The van der Waals surface area contributed by atoms with Crippen molar-refractivity contribution in [1.82, 2.24) is 4.37 Å². The summed E-state index contributed by atoms with van der Waals surface area (Å²) in [7, 11) is 0. The normalized spacial score (nSPS) is 15.6. The molecule has 4 rings (SSSR count). The van der Waals surface area contributed by atoms with Gasteiger partial charge in [-0.15, -0.1) is 0 Å². The zero-order valence-electron chi connectivity index (χ0n) is 15.3. The minimum absolute atomic E-state index is 0.0277. The van der Waals surface area contributed by atoms with Crippen LogP contribution in [0.1, 0.15) is 28.3 Å². The van der Waals surface area contributed by atoms with Crippen molar-refractivity contribution in [2.24, 2.45) is 5.73 Å². The van der Waals surface area contributed by atoms with Gasteiger partial charge in [-0.2, -0.15) is 4.37 Å². The van der Waals surface area contributed by atoms with Gasteiger partial charge in [0, 0.05) is 17.9 Å². The molecule has 3 N–H and O–H groups in total. The number of carbonyl (C=O) groups excluding carboxylic acids is 2. The van der Waals surface area contributed by atoms with Gasteiger partial charge >= 0.3 is 0 Å². The average Bonchev–Trinajstić information content (AvgIpc) is 3.10. The van der Waals surface area contributed by atoms with E-state index in [0.717, 1.165) is 27.4 Å². The van der Waals surface area contributed by atoms with E-state index in [1.165, 1.54) is 17.1 Å². The number of anilines is 1. The van der Waals surface area contributed by atoms with Gasteiger partial charge in [-0.1, -0.05) is 42.0 Å². The minimum Gasteiger partial charge on any atom is -0.484 e. The van der Waals surface area contributed by atoms with Crippen LogP contribution in [0.4, 0.5) is 5.69 Å². The summed E-state index contributed by atoms with van der Waals surface area (Å²) in [6, 6.07) is 15.5. The first-order chi connectivity index (χ1) is 13.5. The SMILES string of the molecule is Cc1ccc(-c2nsc3c2NC(=O)C[C@H]3c2ccc(OCC(N)=O)cc2)cc1. The van der Waals surface area contributed by atoms with Gasteiger partial charge in [0.05, 0.1) is 10.6 Å². The Labute approximate surface area is 166 Å². The molecule has 7 heteroatoms. The Balaban J connectivity index is 1.65. The largest absolute Gasteiger partial charge is 0.484 e. The van der Waals surface area contributed by atoms with E-state index in [0.29, 0.717) is 12.2 Å². The molecule has 0 fully saturated rings. The zero-order valence-corrected chi connectivity index (χ0v) is 16.1. The fourth-order valence-electron chi connectivity index (χ4n) is 3.26. The maximum Gasteiger partial charge on any atom is 0.255 e. The van der Waals surface area contributed by atoms with Crippen LogP contribution in [-0.2, 0) is 9.59 Å². The van der Waals surface area contributed by atoms with E-state index >= 15 is 0 Å². The second kappa shape index (κ2) is 7.44. The summed E-state index contributed by atoms with van der Waals surface area (Å²) >= 11 is 1.42. The number of nitrogens with zero attached hydrogens (tertiary/aromatic N) is 1. The lowest BCUT2D eigenvalue weighted by Gasteiger charge is -2.23. The number of aryl methyl sites for hydroxylation is 1. The third-order valence-corrected chi connectivity index (χ3v) is 5.64. The second-order valence-corrected chi connectivity index (χ2v) is 7.57. The summed E-state index contributed by atoms with van der Waals surface area (Å²) in [5.74, 6) is -0.0515. The number of nitrogens with two attached hydrogens (primary N) is 1. The number of aromatic nitrogens is 1. The first kappa shape index (κ1) is 18.2. The smallest absolute Gasteiger partial charge is 0.255 e. The van der Waals surface area contributed by atoms with Crippen LogP contribution in [0.15, 0.2) is 48.5 Å². The molecule has 1 aromatic heterocycles. The molecule has 1 atom stereocenters. The molecule has 142 valence electrons. The van der Waals surface area contributed by atoms with Crippen molar-refractivity contribution in [3.05, 3.63) is 64.5 Å². The molecule has 1 aliphatic rings. The molecule has 0 unspecified atom stereocenters. The summed E-state index contributed by atoms with van der Waals surface area (Å²) < 4.78 is 9.93. The predicted octanol–water partition coefficient (Wildman–Crippen LogP) is 3.46. The number of fused-ring (bicyclic) bond motifs is 1. The molecule has 0 bridgehead atoms. The van der Waals surface area contributed by atoms with Gasteiger partial charge in [0.25, 0.3) is 5.91 Å². The summed E-state index contributed by atoms with van der Waals surface area (Å²) in [5, 5.41) is 3.00. The second-order valence-electron chi connectivity index (χ2n) is 6.77. The monoisotopic (exact) mass is 393 g/mol. The molecule has 2 amide bonds. The highest BCUT2D eigenvalue weighted by molar-refractivity contribution is 7.07. The van der Waals surface area contributed by atoms with Gasteiger partial charge in [-0.3, -0.25) is 9.59 Å². The molecular formula is C21H19N3O3S. The summed E-state index contributed by atoms with van der Waals surface area (Å²) in [6.07, 6.45) is 0.365. The Bertz CT molecular complexity index is 1030. The molecular weight excluding hydrogens is 374 g/mol. The van der Waals surface area contributed by atoms with Crippen LogP contribution in [0.5, 0.6) is 5.75 Å². The fourth-order valence-corrected chi connectivity index (χ4v) is 4.23. The molecule has 1 aliphatic heterocycles. The van der Waals surface area contributed by atoms with Crippen molar-refractivity contribution in [2.45, 2.75) is 19.3 Å². The molecule has 2 heterocycles. The maximum atomic E-state index is 12.4. The standard InChI is InChI=1S/C21H19N3O3S/c1-12-2-4-14(5-3-12)19-20-21(28-24-19)16(10-18(26)23-20)13-6-8-15(9-7-13)27-11-17(22)25/h2-9,16H,10-11H2,1H3,(H2,22,25)(H,23,26)/t16-/m0/s1. The number of amides is 2. The lowest BCUT2D eigenvalue weighted by atomic mass is 9.89. The van der Waals surface area contributed by atoms with E-state index in [1.807, 2.05) is 43.3 Å². The highest BCUT2D eigenvalue weighted by Crippen LogP contribution is 2.44. The molecule has 0 saturated heterocycles. The molecule has 6 nitrogen and oxygen atoms in total. The number of primary amides is 1. The Kier molecular flexibility index (Phi) is 4.83. The average molecular weight is 393 g/mol. The fraction of sp³-hybridized carbons (Fsp3) is 0.190.